The lowest BCUT2D eigenvalue weighted by molar-refractivity contribution is -0.128. The molecule has 3 N–H and O–H groups in total. The molecule has 4 atom stereocenters. The quantitative estimate of drug-likeness (QED) is 0.647. The van der Waals surface area contributed by atoms with Crippen molar-refractivity contribution in [2.45, 2.75) is 43.8 Å². The first-order valence-electron chi connectivity index (χ1n) is 10.2. The minimum absolute atomic E-state index is 0.0381. The van der Waals surface area contributed by atoms with Gasteiger partial charge in [0.1, 0.15) is 17.6 Å². The zero-order valence-electron chi connectivity index (χ0n) is 17.2. The number of rotatable bonds is 5. The van der Waals surface area contributed by atoms with E-state index in [-0.39, 0.29) is 28.8 Å². The first kappa shape index (κ1) is 22.2. The summed E-state index contributed by atoms with van der Waals surface area (Å²) < 4.78 is 15.3. The van der Waals surface area contributed by atoms with Crippen LogP contribution in [0.25, 0.3) is 0 Å². The lowest BCUT2D eigenvalue weighted by Crippen LogP contribution is -2.53. The van der Waals surface area contributed by atoms with Crippen LogP contribution in [0.3, 0.4) is 0 Å². The van der Waals surface area contributed by atoms with Crippen LogP contribution in [-0.2, 0) is 15.1 Å². The van der Waals surface area contributed by atoms with E-state index in [4.69, 9.17) is 28.9 Å². The van der Waals surface area contributed by atoms with E-state index in [1.165, 1.54) is 6.07 Å². The molecule has 2 aliphatic rings. The highest BCUT2D eigenvalue weighted by Crippen LogP contribution is 2.57. The van der Waals surface area contributed by atoms with Crippen LogP contribution in [0.1, 0.15) is 37.3 Å². The molecular formula is C23H24Cl2FN3O2. The molecule has 8 heteroatoms. The molecule has 0 aromatic heterocycles. The average molecular weight is 464 g/mol. The Kier molecular flexibility index (Phi) is 5.85. The van der Waals surface area contributed by atoms with Gasteiger partial charge in [0.2, 0.25) is 5.91 Å². The molecule has 1 fully saturated rings. The summed E-state index contributed by atoms with van der Waals surface area (Å²) in [5, 5.41) is 3.36. The number of hydrogen-bond acceptors (Lipinski definition) is 4. The summed E-state index contributed by atoms with van der Waals surface area (Å²) in [7, 11) is 0. The van der Waals surface area contributed by atoms with Crippen molar-refractivity contribution in [2.24, 2.45) is 11.7 Å². The predicted octanol–water partition coefficient (Wildman–Crippen LogP) is 4.32. The topological polar surface area (TPSA) is 75.4 Å². The molecule has 2 heterocycles. The van der Waals surface area contributed by atoms with E-state index < -0.39 is 29.4 Å². The maximum Gasteiger partial charge on any atom is 0.250 e. The molecule has 1 saturated heterocycles. The molecule has 4 rings (SSSR count). The molecule has 0 radical (unpaired) electrons. The number of hydrogen-bond donors (Lipinski definition) is 2. The summed E-state index contributed by atoms with van der Waals surface area (Å²) in [5.74, 6) is -1.49. The van der Waals surface area contributed by atoms with E-state index in [9.17, 15) is 9.59 Å². The van der Waals surface area contributed by atoms with Crippen LogP contribution < -0.4 is 11.1 Å². The Morgan fingerprint density at radius 3 is 2.71 bits per heavy atom. The van der Waals surface area contributed by atoms with E-state index in [2.05, 4.69) is 5.32 Å². The summed E-state index contributed by atoms with van der Waals surface area (Å²) in [6.07, 6.45) is 0.933. The van der Waals surface area contributed by atoms with Crippen molar-refractivity contribution in [3.63, 3.8) is 0 Å². The summed E-state index contributed by atoms with van der Waals surface area (Å²) in [4.78, 5) is 27.3. The van der Waals surface area contributed by atoms with E-state index in [0.717, 1.165) is 6.29 Å². The number of nitrogens with zero attached hydrogens (tertiary/aromatic N) is 1. The molecule has 5 nitrogen and oxygen atoms in total. The predicted molar refractivity (Wildman–Crippen MR) is 120 cm³/mol. The fraction of sp³-hybridized carbons (Fsp3) is 0.391. The largest absolute Gasteiger partial charge is 0.326 e. The van der Waals surface area contributed by atoms with Gasteiger partial charge in [0.15, 0.2) is 0 Å². The molecular weight excluding hydrogens is 440 g/mol. The average Bonchev–Trinajstić information content (AvgIpc) is 3.11. The monoisotopic (exact) mass is 463 g/mol. The fourth-order valence-corrected chi connectivity index (χ4v) is 5.64. The smallest absolute Gasteiger partial charge is 0.250 e. The summed E-state index contributed by atoms with van der Waals surface area (Å²) >= 11 is 12.3. The molecule has 1 spiro atoms. The summed E-state index contributed by atoms with van der Waals surface area (Å²) in [5.41, 5.74) is 6.93. The molecule has 0 aliphatic carbocycles. The van der Waals surface area contributed by atoms with Gasteiger partial charge in [-0.15, -0.1) is 0 Å². The first-order valence-corrected chi connectivity index (χ1v) is 11.0. The highest BCUT2D eigenvalue weighted by atomic mass is 35.5. The minimum Gasteiger partial charge on any atom is -0.326 e. The van der Waals surface area contributed by atoms with E-state index in [0.29, 0.717) is 22.8 Å². The maximum atomic E-state index is 15.3. The number of nitrogens with two attached hydrogens (primary N) is 1. The van der Waals surface area contributed by atoms with Crippen molar-refractivity contribution in [3.05, 3.63) is 63.4 Å². The Hall–Kier alpha value is -1.99. The third-order valence-electron chi connectivity index (χ3n) is 6.34. The SMILES string of the molecule is CC(C)CN1[C@@H](CC=O)[C@@H](N)[C@H](c2cccc(Cl)c2F)[C@]12C(=O)Nc1cc(Cl)ccc12. The number of carbonyl (C=O) groups excluding carboxylic acids is 2. The molecule has 0 unspecified atom stereocenters. The number of aldehydes is 1. The van der Waals surface area contributed by atoms with Crippen LogP contribution in [0.5, 0.6) is 0 Å². The number of halogens is 3. The minimum atomic E-state index is -1.29. The van der Waals surface area contributed by atoms with Gasteiger partial charge in [-0.3, -0.25) is 9.69 Å². The van der Waals surface area contributed by atoms with E-state index in [1.54, 1.807) is 30.3 Å². The number of anilines is 1. The van der Waals surface area contributed by atoms with Crippen LogP contribution in [0.2, 0.25) is 10.0 Å². The Morgan fingerprint density at radius 1 is 1.29 bits per heavy atom. The second kappa shape index (κ2) is 8.17. The third kappa shape index (κ3) is 3.28. The standard InChI is InChI=1S/C23H24Cl2FN3O2/c1-12(2)11-29-18(8-9-30)21(27)19(14-4-3-5-16(25)20(14)26)23(29)15-7-6-13(24)10-17(15)28-22(23)31/h3-7,9-10,12,18-19,21H,8,11,27H2,1-2H3,(H,28,31)/t18-,19-,21+,23+/m0/s1. The lowest BCUT2D eigenvalue weighted by atomic mass is 9.73. The van der Waals surface area contributed by atoms with Crippen molar-refractivity contribution in [3.8, 4) is 0 Å². The van der Waals surface area contributed by atoms with Gasteiger partial charge >= 0.3 is 0 Å². The zero-order chi connectivity index (χ0) is 22.5. The molecule has 0 saturated carbocycles. The van der Waals surface area contributed by atoms with Crippen LogP contribution in [0.15, 0.2) is 36.4 Å². The second-order valence-corrected chi connectivity index (χ2v) is 9.47. The van der Waals surface area contributed by atoms with Gasteiger partial charge in [-0.05, 0) is 29.7 Å². The number of amides is 1. The van der Waals surface area contributed by atoms with Crippen molar-refractivity contribution in [1.29, 1.82) is 0 Å². The van der Waals surface area contributed by atoms with Gasteiger partial charge in [-0.2, -0.15) is 0 Å². The second-order valence-electron chi connectivity index (χ2n) is 8.62. The summed E-state index contributed by atoms with van der Waals surface area (Å²) in [6, 6.07) is 8.78. The molecule has 0 bridgehead atoms. The Bertz CT molecular complexity index is 1050. The summed E-state index contributed by atoms with van der Waals surface area (Å²) in [6.45, 7) is 4.56. The van der Waals surface area contributed by atoms with Gasteiger partial charge < -0.3 is 15.8 Å². The van der Waals surface area contributed by atoms with E-state index in [1.807, 2.05) is 18.7 Å². The van der Waals surface area contributed by atoms with Crippen molar-refractivity contribution in [1.82, 2.24) is 4.90 Å². The number of fused-ring (bicyclic) bond motifs is 2. The van der Waals surface area contributed by atoms with E-state index >= 15 is 4.39 Å². The highest BCUT2D eigenvalue weighted by molar-refractivity contribution is 6.31. The van der Waals surface area contributed by atoms with Gasteiger partial charge in [0, 0.05) is 47.2 Å². The number of likely N-dealkylation sites (tertiary alicyclic amines) is 1. The fourth-order valence-electron chi connectivity index (χ4n) is 5.28. The Balaban J connectivity index is 2.04. The first-order chi connectivity index (χ1) is 14.7. The van der Waals surface area contributed by atoms with Gasteiger partial charge in [-0.1, -0.05) is 55.2 Å². The zero-order valence-corrected chi connectivity index (χ0v) is 18.8. The highest BCUT2D eigenvalue weighted by Gasteiger charge is 2.66. The molecule has 2 aromatic carbocycles. The van der Waals surface area contributed by atoms with Crippen LogP contribution in [0, 0.1) is 11.7 Å². The molecule has 2 aliphatic heterocycles. The molecule has 2 aromatic rings. The van der Waals surface area contributed by atoms with Crippen LogP contribution >= 0.6 is 23.2 Å². The van der Waals surface area contributed by atoms with Crippen LogP contribution in [0.4, 0.5) is 10.1 Å². The maximum absolute atomic E-state index is 15.3. The lowest BCUT2D eigenvalue weighted by Gasteiger charge is -2.40. The van der Waals surface area contributed by atoms with Gasteiger partial charge in [0.05, 0.1) is 5.02 Å². The number of benzene rings is 2. The Morgan fingerprint density at radius 2 is 2.03 bits per heavy atom. The Labute approximate surface area is 190 Å². The van der Waals surface area contributed by atoms with Crippen LogP contribution in [-0.4, -0.2) is 35.7 Å². The number of nitrogens with one attached hydrogen (secondary N) is 1. The molecule has 31 heavy (non-hydrogen) atoms. The molecule has 164 valence electrons. The van der Waals surface area contributed by atoms with Crippen molar-refractivity contribution >= 4 is 41.1 Å². The number of carbonyl (C=O) groups is 2. The molecule has 1 amide bonds. The van der Waals surface area contributed by atoms with Gasteiger partial charge in [-0.25, -0.2) is 4.39 Å². The van der Waals surface area contributed by atoms with Crippen molar-refractivity contribution < 1.29 is 14.0 Å². The normalized spacial score (nSPS) is 27.7. The van der Waals surface area contributed by atoms with Gasteiger partial charge in [0.25, 0.3) is 0 Å². The third-order valence-corrected chi connectivity index (χ3v) is 6.86. The van der Waals surface area contributed by atoms with Crippen molar-refractivity contribution in [2.75, 3.05) is 11.9 Å².